The zero-order valence-corrected chi connectivity index (χ0v) is 40.8. The van der Waals surface area contributed by atoms with Gasteiger partial charge in [-0.15, -0.1) is 0 Å². The average molecular weight is 1010 g/mol. The molecule has 4 atom stereocenters. The minimum atomic E-state index is -0.620. The summed E-state index contributed by atoms with van der Waals surface area (Å²) in [5.41, 5.74) is 2.76. The van der Waals surface area contributed by atoms with Gasteiger partial charge in [-0.3, -0.25) is 28.8 Å². The number of hydrogen-bond acceptors (Lipinski definition) is 12. The molecule has 2 aliphatic heterocycles. The number of benzene rings is 4. The number of carbonyl (C=O) groups excluding carboxylic acids is 4. The Morgan fingerprint density at radius 2 is 1.17 bits per heavy atom. The van der Waals surface area contributed by atoms with E-state index in [1.165, 1.54) is 54.6 Å². The molecule has 4 aromatic carbocycles. The van der Waals surface area contributed by atoms with Crippen LogP contribution in [0.1, 0.15) is 58.2 Å². The van der Waals surface area contributed by atoms with E-state index in [-0.39, 0.29) is 71.1 Å². The molecular formula is C52H47Cl2N11O7. The summed E-state index contributed by atoms with van der Waals surface area (Å²) in [4.78, 5) is 83.6. The van der Waals surface area contributed by atoms with E-state index in [0.29, 0.717) is 51.2 Å². The highest BCUT2D eigenvalue weighted by molar-refractivity contribution is 6.31. The number of hydrogen-bond donors (Lipinski definition) is 3. The third-order valence-corrected chi connectivity index (χ3v) is 12.4. The Hall–Kier alpha value is -8.00. The molecule has 0 aliphatic carbocycles. The molecule has 366 valence electrons. The smallest absolute Gasteiger partial charge is 0.267 e. The number of ether oxygens (including phenoxy) is 1. The Kier molecular flexibility index (Phi) is 15.4. The molecular weight excluding hydrogens is 962 g/mol. The maximum atomic E-state index is 14.2. The Labute approximate surface area is 423 Å². The van der Waals surface area contributed by atoms with Crippen molar-refractivity contribution in [1.29, 1.82) is 10.5 Å². The largest absolute Gasteiger partial charge is 0.371 e. The quantitative estimate of drug-likeness (QED) is 0.133. The van der Waals surface area contributed by atoms with Gasteiger partial charge >= 0.3 is 0 Å². The standard InChI is InChI=1S/C52H47Cl2N11O7/c1-30-24-62(25-31(2)57-30)51(70)37-14-33(22-55)16-41(19-37)59-48(67)29-65-50(69)13-11-46(61-65)44-9-8-40(54)18-36(44)21-43-27-63(26-32(3)72-43)52(71)38-15-34(23-56)17-42(20-38)58-47(66)28-64-49(68)12-10-45(60-64)35-4-6-39(53)7-5-35/h4-20,30-32,43,57H,21,24-29H2,1-3H3,(H,58,66)(H,59,67)/t30-,31-,32+,43+/m0/s1. The Balaban J connectivity index is 0.952. The normalized spacial score (nSPS) is 17.6. The van der Waals surface area contributed by atoms with Gasteiger partial charge in [0, 0.05) is 100 Å². The fraction of sp³-hybridized carbons (Fsp3) is 0.269. The zero-order valence-electron chi connectivity index (χ0n) is 39.3. The van der Waals surface area contributed by atoms with Crippen molar-refractivity contribution >= 4 is 58.2 Å². The maximum Gasteiger partial charge on any atom is 0.267 e. The number of amides is 4. The lowest BCUT2D eigenvalue weighted by molar-refractivity contribution is -0.117. The van der Waals surface area contributed by atoms with Crippen molar-refractivity contribution in [3.63, 3.8) is 0 Å². The average Bonchev–Trinajstić information content (AvgIpc) is 3.34. The lowest BCUT2D eigenvalue weighted by Crippen LogP contribution is -2.55. The number of piperazine rings is 1. The van der Waals surface area contributed by atoms with E-state index in [0.717, 1.165) is 9.36 Å². The van der Waals surface area contributed by atoms with Gasteiger partial charge in [-0.2, -0.15) is 20.7 Å². The highest BCUT2D eigenvalue weighted by Crippen LogP contribution is 2.29. The summed E-state index contributed by atoms with van der Waals surface area (Å²) in [5.74, 6) is -1.92. The molecule has 8 rings (SSSR count). The molecule has 0 saturated carbocycles. The fourth-order valence-corrected chi connectivity index (χ4v) is 9.22. The van der Waals surface area contributed by atoms with Crippen molar-refractivity contribution in [1.82, 2.24) is 34.7 Å². The van der Waals surface area contributed by atoms with E-state index in [1.54, 1.807) is 58.3 Å². The van der Waals surface area contributed by atoms with Crippen LogP contribution in [0.15, 0.2) is 113 Å². The first-order valence-corrected chi connectivity index (χ1v) is 23.7. The Morgan fingerprint density at radius 1 is 0.653 bits per heavy atom. The van der Waals surface area contributed by atoms with Crippen molar-refractivity contribution < 1.29 is 23.9 Å². The summed E-state index contributed by atoms with van der Waals surface area (Å²) in [6, 6.07) is 30.6. The van der Waals surface area contributed by atoms with Crippen LogP contribution in [-0.4, -0.2) is 103 Å². The van der Waals surface area contributed by atoms with Gasteiger partial charge in [0.15, 0.2) is 0 Å². The third-order valence-electron chi connectivity index (χ3n) is 11.9. The topological polar surface area (TPSA) is 237 Å². The summed E-state index contributed by atoms with van der Waals surface area (Å²) < 4.78 is 8.37. The number of nitrogens with zero attached hydrogens (tertiary/aromatic N) is 8. The monoisotopic (exact) mass is 1010 g/mol. The van der Waals surface area contributed by atoms with E-state index in [1.807, 2.05) is 32.9 Å². The van der Waals surface area contributed by atoms with Crippen LogP contribution in [0.5, 0.6) is 0 Å². The zero-order chi connectivity index (χ0) is 51.2. The number of morpholine rings is 1. The molecule has 0 bridgehead atoms. The first kappa shape index (κ1) is 50.4. The molecule has 4 amide bonds. The lowest BCUT2D eigenvalue weighted by Gasteiger charge is -2.37. The number of carbonyl (C=O) groups is 4. The van der Waals surface area contributed by atoms with Crippen molar-refractivity contribution in [2.45, 2.75) is 64.6 Å². The van der Waals surface area contributed by atoms with Gasteiger partial charge in [0.05, 0.1) is 46.9 Å². The van der Waals surface area contributed by atoms with Crippen molar-refractivity contribution in [2.24, 2.45) is 0 Å². The number of nitrogens with one attached hydrogen (secondary N) is 3. The number of rotatable bonds is 12. The molecule has 0 unspecified atom stereocenters. The molecule has 2 aromatic heterocycles. The van der Waals surface area contributed by atoms with Crippen LogP contribution in [0.4, 0.5) is 11.4 Å². The van der Waals surface area contributed by atoms with Crippen molar-refractivity contribution in [2.75, 3.05) is 36.8 Å². The Bertz CT molecular complexity index is 3300. The number of halogens is 2. The van der Waals surface area contributed by atoms with Crippen LogP contribution in [-0.2, 0) is 33.8 Å². The lowest BCUT2D eigenvalue weighted by atomic mass is 9.97. The van der Waals surface area contributed by atoms with Gasteiger partial charge in [0.1, 0.15) is 13.1 Å². The molecule has 0 radical (unpaired) electrons. The minimum absolute atomic E-state index is 0.0755. The van der Waals surface area contributed by atoms with E-state index < -0.39 is 54.1 Å². The van der Waals surface area contributed by atoms with Crippen LogP contribution in [0, 0.1) is 22.7 Å². The number of aromatic nitrogens is 4. The predicted octanol–water partition coefficient (Wildman–Crippen LogP) is 5.76. The van der Waals surface area contributed by atoms with Gasteiger partial charge in [-0.1, -0.05) is 41.4 Å². The van der Waals surface area contributed by atoms with Crippen LogP contribution in [0.2, 0.25) is 10.0 Å². The molecule has 2 fully saturated rings. The van der Waals surface area contributed by atoms with Gasteiger partial charge in [0.2, 0.25) is 11.8 Å². The van der Waals surface area contributed by atoms with E-state index in [2.05, 4.69) is 26.1 Å². The third kappa shape index (κ3) is 12.3. The van der Waals surface area contributed by atoms with Crippen LogP contribution < -0.4 is 27.1 Å². The second kappa shape index (κ2) is 22.0. The van der Waals surface area contributed by atoms with E-state index in [4.69, 9.17) is 27.9 Å². The highest BCUT2D eigenvalue weighted by atomic mass is 35.5. The van der Waals surface area contributed by atoms with E-state index >= 15 is 0 Å². The van der Waals surface area contributed by atoms with Gasteiger partial charge in [-0.25, -0.2) is 9.36 Å². The van der Waals surface area contributed by atoms with E-state index in [9.17, 15) is 39.3 Å². The van der Waals surface area contributed by atoms with Crippen LogP contribution >= 0.6 is 23.2 Å². The molecule has 4 heterocycles. The first-order valence-electron chi connectivity index (χ1n) is 22.9. The minimum Gasteiger partial charge on any atom is -0.371 e. The van der Waals surface area contributed by atoms with Crippen LogP contribution in [0.25, 0.3) is 22.5 Å². The molecule has 2 saturated heterocycles. The maximum absolute atomic E-state index is 14.2. The molecule has 0 spiro atoms. The molecule has 3 N–H and O–H groups in total. The summed E-state index contributed by atoms with van der Waals surface area (Å²) in [5, 5.41) is 38.3. The molecule has 6 aromatic rings. The number of anilines is 2. The van der Waals surface area contributed by atoms with Crippen molar-refractivity contribution in [3.8, 4) is 34.7 Å². The molecule has 20 heteroatoms. The molecule has 72 heavy (non-hydrogen) atoms. The summed E-state index contributed by atoms with van der Waals surface area (Å²) in [7, 11) is 0. The Morgan fingerprint density at radius 3 is 1.72 bits per heavy atom. The van der Waals surface area contributed by atoms with Gasteiger partial charge < -0.3 is 30.5 Å². The first-order chi connectivity index (χ1) is 34.5. The van der Waals surface area contributed by atoms with Crippen molar-refractivity contribution in [3.05, 3.63) is 162 Å². The van der Waals surface area contributed by atoms with Gasteiger partial charge in [-0.05, 0) is 99.1 Å². The summed E-state index contributed by atoms with van der Waals surface area (Å²) in [6.07, 6.45) is -0.725. The summed E-state index contributed by atoms with van der Waals surface area (Å²) in [6.45, 7) is 6.17. The fourth-order valence-electron chi connectivity index (χ4n) is 8.90. The predicted molar refractivity (Wildman–Crippen MR) is 269 cm³/mol. The summed E-state index contributed by atoms with van der Waals surface area (Å²) >= 11 is 12.5. The molecule has 18 nitrogen and oxygen atoms in total. The molecule has 2 aliphatic rings. The SMILES string of the molecule is C[C@@H]1CN(C(=O)c2cc(C#N)cc(NC(=O)Cn3nc(-c4ccc(Cl)cc4)ccc3=O)c2)C[C@@H](Cc2cc(Cl)ccc2-c2ccc(=O)n(CC(=O)Nc3cc(C#N)cc(C(=O)N4C[C@H](C)N[C@@H](C)C4)c3)n2)O1. The second-order valence-corrected chi connectivity index (χ2v) is 18.7. The van der Waals surface area contributed by atoms with Crippen LogP contribution in [0.3, 0.4) is 0 Å². The highest BCUT2D eigenvalue weighted by Gasteiger charge is 2.31. The number of nitriles is 2. The van der Waals surface area contributed by atoms with Gasteiger partial charge in [0.25, 0.3) is 22.9 Å². The second-order valence-electron chi connectivity index (χ2n) is 17.8.